The second-order valence-electron chi connectivity index (χ2n) is 4.61. The second kappa shape index (κ2) is 6.98. The summed E-state index contributed by atoms with van der Waals surface area (Å²) in [4.78, 5) is 10.9. The number of ether oxygens (including phenoxy) is 1. The van der Waals surface area contributed by atoms with Gasteiger partial charge in [-0.15, -0.1) is 0 Å². The average Bonchev–Trinajstić information content (AvgIpc) is 2.46. The van der Waals surface area contributed by atoms with E-state index in [2.05, 4.69) is 0 Å². The topological polar surface area (TPSA) is 72.5 Å². The van der Waals surface area contributed by atoms with Crippen molar-refractivity contribution in [3.05, 3.63) is 33.9 Å². The lowest BCUT2D eigenvalue weighted by Crippen LogP contribution is -2.38. The number of rotatable bonds is 4. The number of nitrogens with two attached hydrogens (primary N) is 1. The molecule has 4 nitrogen and oxygen atoms in total. The van der Waals surface area contributed by atoms with E-state index in [1.54, 1.807) is 18.2 Å². The van der Waals surface area contributed by atoms with Gasteiger partial charge in [0, 0.05) is 16.5 Å². The summed E-state index contributed by atoms with van der Waals surface area (Å²) in [6.07, 6.45) is 2.59. The van der Waals surface area contributed by atoms with Gasteiger partial charge in [-0.05, 0) is 23.6 Å². The van der Waals surface area contributed by atoms with Crippen molar-refractivity contribution in [2.45, 2.75) is 32.5 Å². The van der Waals surface area contributed by atoms with Crippen molar-refractivity contribution in [1.29, 1.82) is 0 Å². The molecule has 106 valence electrons. The Bertz CT molecular complexity index is 441. The van der Waals surface area contributed by atoms with Gasteiger partial charge in [0.15, 0.2) is 0 Å². The molecule has 0 saturated carbocycles. The largest absolute Gasteiger partial charge is 0.443 e. The maximum Gasteiger partial charge on any atom is 0.404 e. The summed E-state index contributed by atoms with van der Waals surface area (Å²) in [6.45, 7) is 3.63. The Labute approximate surface area is 122 Å². The van der Waals surface area contributed by atoms with E-state index in [1.807, 2.05) is 13.8 Å². The van der Waals surface area contributed by atoms with Crippen molar-refractivity contribution in [1.82, 2.24) is 0 Å². The van der Waals surface area contributed by atoms with Crippen LogP contribution in [0, 0.1) is 5.92 Å². The number of carbonyl (C=O) groups excluding carboxylic acids is 1. The molecule has 2 atom stereocenters. The Hall–Kier alpha value is -0.970. The number of allylic oxidation sites excluding steroid dienone is 5. The van der Waals surface area contributed by atoms with E-state index in [-0.39, 0.29) is 5.92 Å². The van der Waals surface area contributed by atoms with E-state index in [0.29, 0.717) is 22.1 Å². The van der Waals surface area contributed by atoms with Crippen molar-refractivity contribution in [3.8, 4) is 0 Å². The molecule has 0 fully saturated rings. The Balaban J connectivity index is 3.01. The van der Waals surface area contributed by atoms with Gasteiger partial charge < -0.3 is 15.6 Å². The molecule has 1 amide bonds. The summed E-state index contributed by atoms with van der Waals surface area (Å²) in [5, 5.41) is 11.3. The molecule has 1 aliphatic carbocycles. The SMILES string of the molecule is CC(C)C(OC(N)=O)C(O)C1=C(Cl)C=CC=C(Cl)C1. The molecule has 0 saturated heterocycles. The van der Waals surface area contributed by atoms with Gasteiger partial charge in [-0.3, -0.25) is 0 Å². The van der Waals surface area contributed by atoms with Crippen molar-refractivity contribution in [2.24, 2.45) is 11.7 Å². The van der Waals surface area contributed by atoms with Crippen LogP contribution in [-0.2, 0) is 4.74 Å². The van der Waals surface area contributed by atoms with Gasteiger partial charge in [-0.2, -0.15) is 0 Å². The van der Waals surface area contributed by atoms with E-state index < -0.39 is 18.3 Å². The monoisotopic (exact) mass is 305 g/mol. The molecule has 0 heterocycles. The molecule has 0 aliphatic heterocycles. The van der Waals surface area contributed by atoms with Gasteiger partial charge in [0.05, 0.1) is 0 Å². The Morgan fingerprint density at radius 2 is 2.11 bits per heavy atom. The highest BCUT2D eigenvalue weighted by atomic mass is 35.5. The van der Waals surface area contributed by atoms with E-state index in [1.165, 1.54) is 0 Å². The summed E-state index contributed by atoms with van der Waals surface area (Å²) in [7, 11) is 0. The van der Waals surface area contributed by atoms with Crippen LogP contribution in [-0.4, -0.2) is 23.4 Å². The maximum absolute atomic E-state index is 10.9. The molecule has 19 heavy (non-hydrogen) atoms. The van der Waals surface area contributed by atoms with Crippen molar-refractivity contribution in [3.63, 3.8) is 0 Å². The summed E-state index contributed by atoms with van der Waals surface area (Å²) in [6, 6.07) is 0. The highest BCUT2D eigenvalue weighted by molar-refractivity contribution is 6.33. The number of aliphatic hydroxyl groups excluding tert-OH is 1. The van der Waals surface area contributed by atoms with Crippen LogP contribution in [0.2, 0.25) is 0 Å². The van der Waals surface area contributed by atoms with E-state index in [4.69, 9.17) is 33.7 Å². The van der Waals surface area contributed by atoms with Crippen molar-refractivity contribution in [2.75, 3.05) is 0 Å². The molecule has 1 aliphatic rings. The molecule has 1 rings (SSSR count). The Kier molecular flexibility index (Phi) is 5.91. The fourth-order valence-corrected chi connectivity index (χ4v) is 2.28. The number of primary amides is 1. The van der Waals surface area contributed by atoms with Crippen LogP contribution in [0.1, 0.15) is 20.3 Å². The third kappa shape index (κ3) is 4.56. The van der Waals surface area contributed by atoms with Gasteiger partial charge in [0.2, 0.25) is 0 Å². The van der Waals surface area contributed by atoms with E-state index in [9.17, 15) is 9.90 Å². The third-order valence-corrected chi connectivity index (χ3v) is 3.39. The number of amides is 1. The zero-order valence-electron chi connectivity index (χ0n) is 10.8. The molecule has 0 radical (unpaired) electrons. The summed E-state index contributed by atoms with van der Waals surface area (Å²) in [5.74, 6) is -0.116. The quantitative estimate of drug-likeness (QED) is 0.838. The first-order valence-corrected chi connectivity index (χ1v) is 6.64. The molecule has 0 aromatic carbocycles. The second-order valence-corrected chi connectivity index (χ2v) is 5.51. The van der Waals surface area contributed by atoms with Crippen LogP contribution in [0.25, 0.3) is 0 Å². The standard InChI is InChI=1S/C13H17Cl2NO3/c1-7(2)12(19-13(16)18)11(17)9-6-8(14)4-3-5-10(9)15/h3-5,7,11-12,17H,6H2,1-2H3,(H2,16,18). The van der Waals surface area contributed by atoms with Crippen molar-refractivity contribution >= 4 is 29.3 Å². The Morgan fingerprint density at radius 3 is 2.63 bits per heavy atom. The number of hydrogen-bond acceptors (Lipinski definition) is 3. The molecule has 6 heteroatoms. The number of hydrogen-bond donors (Lipinski definition) is 2. The summed E-state index contributed by atoms with van der Waals surface area (Å²) < 4.78 is 4.96. The van der Waals surface area contributed by atoms with E-state index >= 15 is 0 Å². The minimum atomic E-state index is -1.05. The molecular weight excluding hydrogens is 289 g/mol. The predicted molar refractivity (Wildman–Crippen MR) is 75.9 cm³/mol. The molecule has 2 unspecified atom stereocenters. The van der Waals surface area contributed by atoms with Gasteiger partial charge >= 0.3 is 6.09 Å². The lowest BCUT2D eigenvalue weighted by Gasteiger charge is -2.27. The molecule has 0 bridgehead atoms. The van der Waals surface area contributed by atoms with Crippen LogP contribution < -0.4 is 5.73 Å². The normalized spacial score (nSPS) is 18.9. The number of aliphatic hydroxyl groups is 1. The van der Waals surface area contributed by atoms with Gasteiger partial charge in [-0.1, -0.05) is 43.1 Å². The van der Waals surface area contributed by atoms with Gasteiger partial charge in [0.25, 0.3) is 0 Å². The summed E-state index contributed by atoms with van der Waals surface area (Å²) in [5.41, 5.74) is 5.53. The zero-order valence-corrected chi connectivity index (χ0v) is 12.3. The van der Waals surface area contributed by atoms with Crippen LogP contribution in [0.5, 0.6) is 0 Å². The minimum Gasteiger partial charge on any atom is -0.443 e. The summed E-state index contributed by atoms with van der Waals surface area (Å²) >= 11 is 12.1. The molecule has 0 aromatic rings. The molecule has 3 N–H and O–H groups in total. The van der Waals surface area contributed by atoms with Crippen LogP contribution >= 0.6 is 23.2 Å². The fourth-order valence-electron chi connectivity index (χ4n) is 1.81. The highest BCUT2D eigenvalue weighted by Crippen LogP contribution is 2.30. The van der Waals surface area contributed by atoms with Gasteiger partial charge in [0.1, 0.15) is 12.2 Å². The van der Waals surface area contributed by atoms with E-state index in [0.717, 1.165) is 0 Å². The average molecular weight is 306 g/mol. The first kappa shape index (κ1) is 16.1. The smallest absolute Gasteiger partial charge is 0.404 e. The molecule has 0 spiro atoms. The lowest BCUT2D eigenvalue weighted by atomic mass is 9.93. The predicted octanol–water partition coefficient (Wildman–Crippen LogP) is 3.04. The number of halogens is 2. The maximum atomic E-state index is 10.9. The third-order valence-electron chi connectivity index (χ3n) is 2.76. The lowest BCUT2D eigenvalue weighted by molar-refractivity contribution is -0.00207. The molecular formula is C13H17Cl2NO3. The fraction of sp³-hybridized carbons (Fsp3) is 0.462. The molecule has 0 aromatic heterocycles. The zero-order chi connectivity index (χ0) is 14.6. The first-order valence-electron chi connectivity index (χ1n) is 5.88. The number of carbonyl (C=O) groups is 1. The van der Waals surface area contributed by atoms with Crippen molar-refractivity contribution < 1.29 is 14.6 Å². The van der Waals surface area contributed by atoms with Gasteiger partial charge in [-0.25, -0.2) is 4.79 Å². The van der Waals surface area contributed by atoms with Crippen LogP contribution in [0.4, 0.5) is 4.79 Å². The first-order chi connectivity index (χ1) is 8.82. The highest BCUT2D eigenvalue weighted by Gasteiger charge is 2.30. The Morgan fingerprint density at radius 1 is 1.47 bits per heavy atom. The van der Waals surface area contributed by atoms with Crippen LogP contribution in [0.3, 0.4) is 0 Å². The minimum absolute atomic E-state index is 0.116. The van der Waals surface area contributed by atoms with Crippen LogP contribution in [0.15, 0.2) is 33.9 Å².